The Morgan fingerprint density at radius 1 is 1.38 bits per heavy atom. The molecule has 0 radical (unpaired) electrons. The number of hydrogen-bond acceptors (Lipinski definition) is 4. The maximum atomic E-state index is 11.8. The molecule has 16 heavy (non-hydrogen) atoms. The van der Waals surface area contributed by atoms with Crippen LogP contribution < -0.4 is 4.72 Å². The van der Waals surface area contributed by atoms with Crippen LogP contribution in [0.5, 0.6) is 0 Å². The van der Waals surface area contributed by atoms with Crippen molar-refractivity contribution in [2.75, 3.05) is 32.8 Å². The molecule has 0 saturated carbocycles. The Morgan fingerprint density at radius 2 is 2.06 bits per heavy atom. The number of rotatable bonds is 4. The quantitative estimate of drug-likeness (QED) is 0.675. The highest BCUT2D eigenvalue weighted by molar-refractivity contribution is 7.87. The maximum absolute atomic E-state index is 11.8. The lowest BCUT2D eigenvalue weighted by Crippen LogP contribution is -2.47. The van der Waals surface area contributed by atoms with Gasteiger partial charge in [-0.25, -0.2) is 0 Å². The molecule has 2 fully saturated rings. The number of nitrogens with one attached hydrogen (secondary N) is 1. The van der Waals surface area contributed by atoms with Crippen LogP contribution in [0, 0.1) is 0 Å². The van der Waals surface area contributed by atoms with Gasteiger partial charge in [-0.1, -0.05) is 0 Å². The fourth-order valence-electron chi connectivity index (χ4n) is 1.98. The van der Waals surface area contributed by atoms with Crippen molar-refractivity contribution in [3.05, 3.63) is 0 Å². The molecule has 0 bridgehead atoms. The lowest BCUT2D eigenvalue weighted by Gasteiger charge is -2.23. The Kier molecular flexibility index (Phi) is 3.50. The topological polar surface area (TPSA) is 78.9 Å². The van der Waals surface area contributed by atoms with Gasteiger partial charge in [0.1, 0.15) is 5.60 Å². The van der Waals surface area contributed by atoms with E-state index in [1.54, 1.807) is 0 Å². The highest BCUT2D eigenvalue weighted by atomic mass is 32.2. The second kappa shape index (κ2) is 4.58. The summed E-state index contributed by atoms with van der Waals surface area (Å²) in [6.45, 7) is 1.87. The Hall–Kier alpha value is -0.210. The minimum Gasteiger partial charge on any atom is -0.386 e. The number of nitrogens with zero attached hydrogens (tertiary/aromatic N) is 1. The fraction of sp³-hybridized carbons (Fsp3) is 1.00. The van der Waals surface area contributed by atoms with Gasteiger partial charge in [0, 0.05) is 32.7 Å². The second-order valence-electron chi connectivity index (χ2n) is 4.46. The molecule has 0 aromatic heterocycles. The summed E-state index contributed by atoms with van der Waals surface area (Å²) < 4.78 is 32.5. The predicted molar refractivity (Wildman–Crippen MR) is 58.1 cm³/mol. The van der Waals surface area contributed by atoms with Crippen molar-refractivity contribution in [2.24, 2.45) is 0 Å². The summed E-state index contributed by atoms with van der Waals surface area (Å²) in [5.74, 6) is 0. The van der Waals surface area contributed by atoms with E-state index in [9.17, 15) is 13.5 Å². The van der Waals surface area contributed by atoms with Gasteiger partial charge in [-0.3, -0.25) is 0 Å². The Morgan fingerprint density at radius 3 is 2.62 bits per heavy atom. The lowest BCUT2D eigenvalue weighted by molar-refractivity contribution is 0.0312. The fourth-order valence-corrected chi connectivity index (χ4v) is 3.35. The first-order valence-corrected chi connectivity index (χ1v) is 7.01. The third kappa shape index (κ3) is 2.72. The van der Waals surface area contributed by atoms with Crippen molar-refractivity contribution in [3.8, 4) is 0 Å². The zero-order valence-electron chi connectivity index (χ0n) is 9.18. The molecule has 6 nitrogen and oxygen atoms in total. The van der Waals surface area contributed by atoms with Crippen molar-refractivity contribution < 1.29 is 18.3 Å². The van der Waals surface area contributed by atoms with Crippen LogP contribution in [0.25, 0.3) is 0 Å². The van der Waals surface area contributed by atoms with E-state index in [0.717, 1.165) is 12.8 Å². The molecule has 2 heterocycles. The van der Waals surface area contributed by atoms with E-state index in [2.05, 4.69) is 4.72 Å². The van der Waals surface area contributed by atoms with Crippen LogP contribution in [0.4, 0.5) is 0 Å². The average molecular weight is 250 g/mol. The molecule has 0 amide bonds. The largest absolute Gasteiger partial charge is 0.386 e. The van der Waals surface area contributed by atoms with E-state index in [4.69, 9.17) is 4.74 Å². The van der Waals surface area contributed by atoms with Crippen LogP contribution in [0.1, 0.15) is 19.3 Å². The molecule has 7 heteroatoms. The second-order valence-corrected chi connectivity index (χ2v) is 6.21. The standard InChI is InChI=1S/C9H18N2O4S/c12-9(3-6-15-8-9)7-10-16(13,14)11-4-1-2-5-11/h10,12H,1-8H2. The molecule has 2 aliphatic rings. The summed E-state index contributed by atoms with van der Waals surface area (Å²) in [6, 6.07) is 0. The van der Waals surface area contributed by atoms with Crippen LogP contribution in [-0.4, -0.2) is 56.3 Å². The average Bonchev–Trinajstić information content (AvgIpc) is 2.86. The molecule has 2 N–H and O–H groups in total. The molecule has 0 aromatic rings. The maximum Gasteiger partial charge on any atom is 0.279 e. The van der Waals surface area contributed by atoms with E-state index in [1.165, 1.54) is 4.31 Å². The first-order valence-electron chi connectivity index (χ1n) is 5.57. The normalized spacial score (nSPS) is 32.3. The van der Waals surface area contributed by atoms with Crippen molar-refractivity contribution in [3.63, 3.8) is 0 Å². The lowest BCUT2D eigenvalue weighted by atomic mass is 10.1. The Labute approximate surface area is 95.8 Å². The predicted octanol–water partition coefficient (Wildman–Crippen LogP) is -0.932. The van der Waals surface area contributed by atoms with Gasteiger partial charge < -0.3 is 9.84 Å². The molecule has 1 unspecified atom stereocenters. The van der Waals surface area contributed by atoms with Gasteiger partial charge in [0.25, 0.3) is 10.2 Å². The number of hydrogen-bond donors (Lipinski definition) is 2. The van der Waals surface area contributed by atoms with Crippen molar-refractivity contribution in [1.82, 2.24) is 9.03 Å². The van der Waals surface area contributed by atoms with Crippen molar-refractivity contribution >= 4 is 10.2 Å². The van der Waals surface area contributed by atoms with Crippen LogP contribution >= 0.6 is 0 Å². The smallest absolute Gasteiger partial charge is 0.279 e. The zero-order valence-corrected chi connectivity index (χ0v) is 10.0. The molecule has 2 aliphatic heterocycles. The van der Waals surface area contributed by atoms with E-state index in [0.29, 0.717) is 26.1 Å². The van der Waals surface area contributed by atoms with Gasteiger partial charge in [-0.05, 0) is 12.8 Å². The van der Waals surface area contributed by atoms with Crippen LogP contribution in [0.2, 0.25) is 0 Å². The molecule has 0 spiro atoms. The summed E-state index contributed by atoms with van der Waals surface area (Å²) in [7, 11) is -3.42. The molecule has 94 valence electrons. The Balaban J connectivity index is 1.88. The van der Waals surface area contributed by atoms with Gasteiger partial charge in [0.15, 0.2) is 0 Å². The molecule has 2 saturated heterocycles. The first kappa shape index (κ1) is 12.3. The summed E-state index contributed by atoms with van der Waals surface area (Å²) in [5.41, 5.74) is -1.03. The van der Waals surface area contributed by atoms with E-state index in [-0.39, 0.29) is 13.2 Å². The molecule has 1 atom stereocenters. The molecule has 0 aromatic carbocycles. The summed E-state index contributed by atoms with van der Waals surface area (Å²) in [6.07, 6.45) is 2.30. The van der Waals surface area contributed by atoms with E-state index in [1.807, 2.05) is 0 Å². The number of aliphatic hydroxyl groups is 1. The number of ether oxygens (including phenoxy) is 1. The van der Waals surface area contributed by atoms with E-state index < -0.39 is 15.8 Å². The zero-order chi connectivity index (χ0) is 11.6. The van der Waals surface area contributed by atoms with Crippen LogP contribution in [0.3, 0.4) is 0 Å². The third-order valence-corrected chi connectivity index (χ3v) is 4.63. The summed E-state index contributed by atoms with van der Waals surface area (Å²) in [4.78, 5) is 0. The summed E-state index contributed by atoms with van der Waals surface area (Å²) in [5, 5.41) is 9.93. The minimum absolute atomic E-state index is 0.0336. The van der Waals surface area contributed by atoms with Gasteiger partial charge in [0.2, 0.25) is 0 Å². The van der Waals surface area contributed by atoms with E-state index >= 15 is 0 Å². The van der Waals surface area contributed by atoms with Crippen molar-refractivity contribution in [1.29, 1.82) is 0 Å². The SMILES string of the molecule is O=S(=O)(NCC1(O)CCOC1)N1CCCC1. The van der Waals surface area contributed by atoms with Crippen LogP contribution in [0.15, 0.2) is 0 Å². The van der Waals surface area contributed by atoms with Gasteiger partial charge in [-0.2, -0.15) is 17.4 Å². The van der Waals surface area contributed by atoms with Gasteiger partial charge in [0.05, 0.1) is 6.61 Å². The van der Waals surface area contributed by atoms with Gasteiger partial charge in [-0.15, -0.1) is 0 Å². The summed E-state index contributed by atoms with van der Waals surface area (Å²) >= 11 is 0. The third-order valence-electron chi connectivity index (χ3n) is 3.07. The molecule has 2 rings (SSSR count). The monoisotopic (exact) mass is 250 g/mol. The molecular weight excluding hydrogens is 232 g/mol. The highest BCUT2D eigenvalue weighted by Crippen LogP contribution is 2.18. The van der Waals surface area contributed by atoms with Gasteiger partial charge >= 0.3 is 0 Å². The molecular formula is C9H18N2O4S. The minimum atomic E-state index is -3.42. The first-order chi connectivity index (χ1) is 7.52. The molecule has 0 aliphatic carbocycles. The van der Waals surface area contributed by atoms with Crippen molar-refractivity contribution in [2.45, 2.75) is 24.9 Å². The Bertz CT molecular complexity index is 331. The van der Waals surface area contributed by atoms with Crippen LogP contribution in [-0.2, 0) is 14.9 Å². The highest BCUT2D eigenvalue weighted by Gasteiger charge is 2.35.